The van der Waals surface area contributed by atoms with Crippen LogP contribution in [0.4, 0.5) is 0 Å². The van der Waals surface area contributed by atoms with Crippen molar-refractivity contribution in [3.8, 4) is 16.3 Å². The van der Waals surface area contributed by atoms with Crippen molar-refractivity contribution in [3.05, 3.63) is 57.5 Å². The molecule has 146 valence electrons. The third-order valence-corrected chi connectivity index (χ3v) is 6.59. The molecule has 0 radical (unpaired) electrons. The van der Waals surface area contributed by atoms with Crippen molar-refractivity contribution in [3.63, 3.8) is 0 Å². The van der Waals surface area contributed by atoms with Gasteiger partial charge in [0.25, 0.3) is 5.91 Å². The third kappa shape index (κ3) is 3.82. The molecule has 4 rings (SSSR count). The van der Waals surface area contributed by atoms with Gasteiger partial charge in [0.15, 0.2) is 0 Å². The number of carbonyl (C=O) groups excluding carboxylic acids is 1. The Labute approximate surface area is 178 Å². The van der Waals surface area contributed by atoms with Crippen LogP contribution < -0.4 is 0 Å². The number of hydrogen-bond acceptors (Lipinski definition) is 4. The molecule has 1 amide bonds. The van der Waals surface area contributed by atoms with Crippen molar-refractivity contribution in [1.29, 1.82) is 0 Å². The monoisotopic (exact) mass is 434 g/mol. The van der Waals surface area contributed by atoms with E-state index >= 15 is 0 Å². The molecule has 2 aromatic heterocycles. The maximum Gasteiger partial charge on any atom is 0.272 e. The van der Waals surface area contributed by atoms with Gasteiger partial charge in [-0.05, 0) is 42.3 Å². The molecular formula is C20H20Cl2N4OS. The minimum absolute atomic E-state index is 0.0165. The number of amides is 1. The van der Waals surface area contributed by atoms with Crippen LogP contribution in [-0.4, -0.2) is 58.2 Å². The molecule has 0 saturated carbocycles. The van der Waals surface area contributed by atoms with Gasteiger partial charge in [0.1, 0.15) is 11.4 Å². The second kappa shape index (κ2) is 8.25. The molecular weight excluding hydrogens is 415 g/mol. The first-order chi connectivity index (χ1) is 13.6. The van der Waals surface area contributed by atoms with Gasteiger partial charge in [-0.25, -0.2) is 4.68 Å². The fourth-order valence-electron chi connectivity index (χ4n) is 3.32. The zero-order chi connectivity index (χ0) is 19.7. The lowest BCUT2D eigenvalue weighted by Crippen LogP contribution is -2.48. The second-order valence-electron chi connectivity index (χ2n) is 6.63. The summed E-state index contributed by atoms with van der Waals surface area (Å²) >= 11 is 13.9. The molecule has 0 unspecified atom stereocenters. The van der Waals surface area contributed by atoms with Crippen LogP contribution >= 0.6 is 34.5 Å². The number of rotatable bonds is 4. The quantitative estimate of drug-likeness (QED) is 0.598. The van der Waals surface area contributed by atoms with Gasteiger partial charge in [0.2, 0.25) is 0 Å². The molecule has 1 aliphatic heterocycles. The van der Waals surface area contributed by atoms with Crippen LogP contribution in [0.5, 0.6) is 0 Å². The number of halogens is 2. The van der Waals surface area contributed by atoms with Crippen molar-refractivity contribution in [2.24, 2.45) is 0 Å². The van der Waals surface area contributed by atoms with Crippen LogP contribution in [0, 0.1) is 0 Å². The topological polar surface area (TPSA) is 41.4 Å². The van der Waals surface area contributed by atoms with E-state index in [1.807, 2.05) is 34.5 Å². The third-order valence-electron chi connectivity index (χ3n) is 4.96. The number of benzene rings is 1. The second-order valence-corrected chi connectivity index (χ2v) is 8.39. The van der Waals surface area contributed by atoms with Crippen molar-refractivity contribution >= 4 is 40.4 Å². The summed E-state index contributed by atoms with van der Waals surface area (Å²) < 4.78 is 1.67. The summed E-state index contributed by atoms with van der Waals surface area (Å²) in [4.78, 5) is 18.6. The Hall–Kier alpha value is -1.86. The Morgan fingerprint density at radius 2 is 1.89 bits per heavy atom. The van der Waals surface area contributed by atoms with E-state index in [2.05, 4.69) is 11.8 Å². The van der Waals surface area contributed by atoms with E-state index in [-0.39, 0.29) is 5.91 Å². The molecule has 0 spiro atoms. The maximum atomic E-state index is 13.3. The Kier molecular flexibility index (Phi) is 5.73. The molecule has 1 fully saturated rings. The summed E-state index contributed by atoms with van der Waals surface area (Å²) in [6.07, 6.45) is 0. The number of aromatic nitrogens is 2. The Morgan fingerprint density at radius 1 is 1.11 bits per heavy atom. The SMILES string of the molecule is CCN1CCN(C(=O)c2cc(-c3cccs3)nn2-c2ccc(Cl)c(Cl)c2)CC1. The summed E-state index contributed by atoms with van der Waals surface area (Å²) in [6.45, 7) is 6.36. The maximum absolute atomic E-state index is 13.3. The molecule has 0 bridgehead atoms. The summed E-state index contributed by atoms with van der Waals surface area (Å²) in [7, 11) is 0. The zero-order valence-electron chi connectivity index (χ0n) is 15.4. The molecule has 3 heterocycles. The minimum Gasteiger partial charge on any atom is -0.335 e. The van der Waals surface area contributed by atoms with Crippen LogP contribution in [0.25, 0.3) is 16.3 Å². The van der Waals surface area contributed by atoms with Crippen LogP contribution in [-0.2, 0) is 0 Å². The van der Waals surface area contributed by atoms with Gasteiger partial charge < -0.3 is 9.80 Å². The Bertz CT molecular complexity index is 978. The standard InChI is InChI=1S/C20H20Cl2N4OS/c1-2-24-7-9-25(10-8-24)20(27)18-13-17(19-4-3-11-28-19)23-26(18)14-5-6-15(21)16(22)12-14/h3-6,11-13H,2,7-10H2,1H3. The highest BCUT2D eigenvalue weighted by Crippen LogP contribution is 2.29. The first-order valence-electron chi connectivity index (χ1n) is 9.18. The van der Waals surface area contributed by atoms with E-state index < -0.39 is 0 Å². The van der Waals surface area contributed by atoms with Gasteiger partial charge in [-0.2, -0.15) is 5.10 Å². The van der Waals surface area contributed by atoms with E-state index in [9.17, 15) is 4.79 Å². The normalized spacial score (nSPS) is 15.2. The largest absolute Gasteiger partial charge is 0.335 e. The number of thiophene rings is 1. The fourth-order valence-corrected chi connectivity index (χ4v) is 4.29. The molecule has 3 aromatic rings. The number of likely N-dealkylation sites (N-methyl/N-ethyl adjacent to an activating group) is 1. The number of carbonyl (C=O) groups is 1. The van der Waals surface area contributed by atoms with Crippen LogP contribution in [0.15, 0.2) is 41.8 Å². The van der Waals surface area contributed by atoms with Gasteiger partial charge in [-0.15, -0.1) is 11.3 Å². The van der Waals surface area contributed by atoms with Crippen LogP contribution in [0.1, 0.15) is 17.4 Å². The molecule has 1 aliphatic rings. The fraction of sp³-hybridized carbons (Fsp3) is 0.300. The summed E-state index contributed by atoms with van der Waals surface area (Å²) in [5, 5.41) is 7.61. The zero-order valence-corrected chi connectivity index (χ0v) is 17.8. The Morgan fingerprint density at radius 3 is 2.54 bits per heavy atom. The average Bonchev–Trinajstić information content (AvgIpc) is 3.39. The lowest BCUT2D eigenvalue weighted by Gasteiger charge is -2.34. The molecule has 0 aliphatic carbocycles. The molecule has 0 N–H and O–H groups in total. The predicted molar refractivity (Wildman–Crippen MR) is 115 cm³/mol. The smallest absolute Gasteiger partial charge is 0.272 e. The highest BCUT2D eigenvalue weighted by Gasteiger charge is 2.26. The molecule has 28 heavy (non-hydrogen) atoms. The average molecular weight is 435 g/mol. The molecule has 8 heteroatoms. The van der Waals surface area contributed by atoms with Crippen molar-refractivity contribution in [1.82, 2.24) is 19.6 Å². The van der Waals surface area contributed by atoms with E-state index in [0.717, 1.165) is 30.2 Å². The van der Waals surface area contributed by atoms with E-state index in [0.29, 0.717) is 34.5 Å². The summed E-state index contributed by atoms with van der Waals surface area (Å²) in [6, 6.07) is 11.1. The van der Waals surface area contributed by atoms with E-state index in [1.54, 1.807) is 28.2 Å². The van der Waals surface area contributed by atoms with Gasteiger partial charge in [0.05, 0.1) is 20.6 Å². The van der Waals surface area contributed by atoms with E-state index in [4.69, 9.17) is 28.3 Å². The van der Waals surface area contributed by atoms with Crippen LogP contribution in [0.2, 0.25) is 10.0 Å². The number of hydrogen-bond donors (Lipinski definition) is 0. The Balaban J connectivity index is 1.72. The molecule has 0 atom stereocenters. The first-order valence-corrected chi connectivity index (χ1v) is 10.8. The van der Waals surface area contributed by atoms with Gasteiger partial charge in [-0.3, -0.25) is 4.79 Å². The van der Waals surface area contributed by atoms with Gasteiger partial charge in [0, 0.05) is 26.2 Å². The van der Waals surface area contributed by atoms with E-state index in [1.165, 1.54) is 0 Å². The number of nitrogens with zero attached hydrogens (tertiary/aromatic N) is 4. The lowest BCUT2D eigenvalue weighted by atomic mass is 10.2. The number of piperazine rings is 1. The summed E-state index contributed by atoms with van der Waals surface area (Å²) in [5.74, 6) is -0.0165. The van der Waals surface area contributed by atoms with Crippen molar-refractivity contribution in [2.45, 2.75) is 6.92 Å². The molecule has 1 saturated heterocycles. The highest BCUT2D eigenvalue weighted by molar-refractivity contribution is 7.13. The molecule has 1 aromatic carbocycles. The van der Waals surface area contributed by atoms with Crippen molar-refractivity contribution < 1.29 is 4.79 Å². The van der Waals surface area contributed by atoms with Gasteiger partial charge in [-0.1, -0.05) is 36.2 Å². The minimum atomic E-state index is -0.0165. The lowest BCUT2D eigenvalue weighted by molar-refractivity contribution is 0.0634. The first kappa shape index (κ1) is 19.5. The highest BCUT2D eigenvalue weighted by atomic mass is 35.5. The molecule has 5 nitrogen and oxygen atoms in total. The summed E-state index contributed by atoms with van der Waals surface area (Å²) in [5.41, 5.74) is 2.02. The predicted octanol–water partition coefficient (Wildman–Crippen LogP) is 4.69. The van der Waals surface area contributed by atoms with Gasteiger partial charge >= 0.3 is 0 Å². The van der Waals surface area contributed by atoms with Crippen molar-refractivity contribution in [2.75, 3.05) is 32.7 Å². The van der Waals surface area contributed by atoms with Crippen LogP contribution in [0.3, 0.4) is 0 Å².